The lowest BCUT2D eigenvalue weighted by molar-refractivity contribution is -0.123. The van der Waals surface area contributed by atoms with Gasteiger partial charge >= 0.3 is 6.09 Å². The number of hydrogen-bond donors (Lipinski definition) is 3. The Morgan fingerprint density at radius 2 is 1.81 bits per heavy atom. The number of hydrogen-bond acceptors (Lipinski definition) is 8. The molecular formula is C37H31ClF6N8O5S. The first-order valence-corrected chi connectivity index (χ1v) is 19.7. The Bertz CT molecular complexity index is 2660. The van der Waals surface area contributed by atoms with Gasteiger partial charge in [0.25, 0.3) is 12.3 Å². The summed E-state index contributed by atoms with van der Waals surface area (Å²) in [5, 5.41) is 13.5. The number of aryl methyl sites for hydroxylation is 1. The van der Waals surface area contributed by atoms with Crippen LogP contribution in [0.15, 0.2) is 42.5 Å². The van der Waals surface area contributed by atoms with Crippen molar-refractivity contribution in [3.8, 4) is 23.0 Å². The summed E-state index contributed by atoms with van der Waals surface area (Å²) < 4.78 is 121. The predicted octanol–water partition coefficient (Wildman–Crippen LogP) is 5.92. The molecule has 0 saturated carbocycles. The molecule has 58 heavy (non-hydrogen) atoms. The number of nitrogens with one attached hydrogen (secondary N) is 3. The van der Waals surface area contributed by atoms with Crippen molar-refractivity contribution in [1.82, 2.24) is 35.2 Å². The second-order valence-electron chi connectivity index (χ2n) is 13.9. The van der Waals surface area contributed by atoms with Crippen LogP contribution < -0.4 is 15.4 Å². The lowest BCUT2D eigenvalue weighted by Crippen LogP contribution is -2.35. The third-order valence-corrected chi connectivity index (χ3v) is 10.4. The minimum Gasteiger partial charge on any atom is -0.446 e. The Morgan fingerprint density at radius 1 is 1.10 bits per heavy atom. The van der Waals surface area contributed by atoms with E-state index in [9.17, 15) is 35.6 Å². The van der Waals surface area contributed by atoms with Gasteiger partial charge in [0, 0.05) is 35.7 Å². The van der Waals surface area contributed by atoms with Gasteiger partial charge in [-0.25, -0.2) is 35.8 Å². The number of carbonyl (C=O) groups excluding carboxylic acids is 2. The van der Waals surface area contributed by atoms with Crippen molar-refractivity contribution >= 4 is 50.3 Å². The number of pyridine rings is 1. The molecule has 1 saturated heterocycles. The summed E-state index contributed by atoms with van der Waals surface area (Å²) in [6.45, 7) is 0.186. The van der Waals surface area contributed by atoms with Gasteiger partial charge in [-0.1, -0.05) is 30.5 Å². The normalized spacial score (nSPS) is 17.7. The Kier molecular flexibility index (Phi) is 10.6. The molecule has 4 heterocycles. The van der Waals surface area contributed by atoms with Gasteiger partial charge < -0.3 is 15.4 Å². The van der Waals surface area contributed by atoms with Crippen molar-refractivity contribution in [2.75, 3.05) is 17.6 Å². The van der Waals surface area contributed by atoms with E-state index in [-0.39, 0.29) is 69.3 Å². The molecule has 0 radical (unpaired) electrons. The van der Waals surface area contributed by atoms with E-state index in [1.165, 1.54) is 30.8 Å². The van der Waals surface area contributed by atoms with Gasteiger partial charge in [0.1, 0.15) is 47.9 Å². The van der Waals surface area contributed by atoms with E-state index >= 15 is 8.78 Å². The predicted molar refractivity (Wildman–Crippen MR) is 197 cm³/mol. The van der Waals surface area contributed by atoms with E-state index < -0.39 is 81.9 Å². The number of ether oxygens (including phenoxy) is 1. The van der Waals surface area contributed by atoms with E-state index in [2.05, 4.69) is 37.4 Å². The number of halogens is 7. The van der Waals surface area contributed by atoms with Crippen molar-refractivity contribution in [2.24, 2.45) is 13.0 Å². The highest BCUT2D eigenvalue weighted by Gasteiger charge is 2.51. The van der Waals surface area contributed by atoms with Crippen LogP contribution in [0.25, 0.3) is 22.0 Å². The fraction of sp³-hybridized carbons (Fsp3) is 0.324. The average molecular weight is 849 g/mol. The number of rotatable bonds is 10. The second kappa shape index (κ2) is 15.2. The number of fused-ring (bicyclic) bond motifs is 2. The zero-order valence-corrected chi connectivity index (χ0v) is 32.1. The fourth-order valence-corrected chi connectivity index (χ4v) is 7.85. The van der Waals surface area contributed by atoms with Gasteiger partial charge in [-0.05, 0) is 54.7 Å². The summed E-state index contributed by atoms with van der Waals surface area (Å²) in [6, 6.07) is 6.69. The lowest BCUT2D eigenvalue weighted by atomic mass is 9.93. The molecule has 2 amide bonds. The van der Waals surface area contributed by atoms with Crippen LogP contribution in [0.5, 0.6) is 0 Å². The maximum absolute atomic E-state index is 15.4. The molecule has 3 aromatic heterocycles. The Hall–Kier alpha value is -5.81. The standard InChI is InChI=1S/C37H31ClF6N8O5S/c1-17-10-25-31(34(41)42)48-52(33(25)37(17,43)44)15-28(53)47-27(13-18-11-19(39)14-20(40)12-18)30-23(7-6-21(45-30)4-5-22-16-57-36(54)46-22)24-8-9-26(38)29-32(24)51(2)49-35(29)50-58(3,55)56/h6-9,11-12,14,17,22,27,34H,10,13,15-16H2,1-3H3,(H,46,54)(H,47,53)(H,49,50)/t17-,22-,27+/m1/s1. The second-order valence-corrected chi connectivity index (χ2v) is 16.0. The molecule has 0 spiro atoms. The first-order valence-electron chi connectivity index (χ1n) is 17.4. The van der Waals surface area contributed by atoms with Crippen LogP contribution in [0.4, 0.5) is 37.0 Å². The van der Waals surface area contributed by atoms with Crippen molar-refractivity contribution < 1.29 is 49.1 Å². The van der Waals surface area contributed by atoms with Crippen molar-refractivity contribution in [3.63, 3.8) is 0 Å². The average Bonchev–Trinajstić information content (AvgIpc) is 3.85. The highest BCUT2D eigenvalue weighted by Crippen LogP contribution is 2.48. The van der Waals surface area contributed by atoms with Crippen LogP contribution in [0, 0.1) is 29.4 Å². The minimum atomic E-state index is -3.84. The first kappa shape index (κ1) is 40.4. The number of alkyl halides is 4. The molecule has 7 rings (SSSR count). The zero-order chi connectivity index (χ0) is 41.8. The number of carbonyl (C=O) groups is 2. The molecule has 0 unspecified atom stereocenters. The van der Waals surface area contributed by atoms with E-state index in [1.807, 2.05) is 0 Å². The van der Waals surface area contributed by atoms with Gasteiger partial charge in [-0.15, -0.1) is 0 Å². The van der Waals surface area contributed by atoms with E-state index in [0.29, 0.717) is 16.3 Å². The maximum atomic E-state index is 15.4. The largest absolute Gasteiger partial charge is 0.446 e. The summed E-state index contributed by atoms with van der Waals surface area (Å²) in [4.78, 5) is 30.3. The van der Waals surface area contributed by atoms with Gasteiger partial charge in [0.05, 0.1) is 33.9 Å². The van der Waals surface area contributed by atoms with Gasteiger partial charge in [-0.2, -0.15) is 19.0 Å². The van der Waals surface area contributed by atoms with Gasteiger partial charge in [-0.3, -0.25) is 18.9 Å². The molecule has 1 aliphatic carbocycles. The third-order valence-electron chi connectivity index (χ3n) is 9.54. The molecule has 3 N–H and O–H groups in total. The quantitative estimate of drug-likeness (QED) is 0.115. The Labute approximate surface area is 331 Å². The summed E-state index contributed by atoms with van der Waals surface area (Å²) in [5.41, 5.74) is -1.04. The number of aromatic nitrogens is 5. The topological polar surface area (TPSA) is 162 Å². The lowest BCUT2D eigenvalue weighted by Gasteiger charge is -2.23. The first-order chi connectivity index (χ1) is 27.3. The number of sulfonamides is 1. The molecular weight excluding hydrogens is 818 g/mol. The van der Waals surface area contributed by atoms with Gasteiger partial charge in [0.15, 0.2) is 5.82 Å². The van der Waals surface area contributed by atoms with Crippen LogP contribution in [0.3, 0.4) is 0 Å². The monoisotopic (exact) mass is 848 g/mol. The van der Waals surface area contributed by atoms with Crippen molar-refractivity contribution in [3.05, 3.63) is 93.0 Å². The minimum absolute atomic E-state index is 0.0110. The molecule has 2 aromatic carbocycles. The number of benzene rings is 2. The molecule has 0 bridgehead atoms. The number of nitrogens with zero attached hydrogens (tertiary/aromatic N) is 5. The summed E-state index contributed by atoms with van der Waals surface area (Å²) >= 11 is 6.58. The Morgan fingerprint density at radius 3 is 2.47 bits per heavy atom. The number of alkyl carbamates (subject to hydrolysis) is 1. The highest BCUT2D eigenvalue weighted by molar-refractivity contribution is 7.92. The molecule has 13 nitrogen and oxygen atoms in total. The van der Waals surface area contributed by atoms with Crippen molar-refractivity contribution in [1.29, 1.82) is 0 Å². The van der Waals surface area contributed by atoms with E-state index in [0.717, 1.165) is 18.4 Å². The molecule has 3 atom stereocenters. The fourth-order valence-electron chi connectivity index (χ4n) is 7.11. The number of anilines is 1. The molecule has 304 valence electrons. The molecule has 1 fully saturated rings. The van der Waals surface area contributed by atoms with Crippen LogP contribution in [0.1, 0.15) is 53.3 Å². The number of amides is 2. The molecule has 2 aliphatic rings. The maximum Gasteiger partial charge on any atom is 0.408 e. The summed E-state index contributed by atoms with van der Waals surface area (Å²) in [5.74, 6) is -2.30. The number of cyclic esters (lactones) is 1. The zero-order valence-electron chi connectivity index (χ0n) is 30.5. The van der Waals surface area contributed by atoms with Crippen LogP contribution in [-0.2, 0) is 51.9 Å². The van der Waals surface area contributed by atoms with E-state index in [1.54, 1.807) is 12.1 Å². The van der Waals surface area contributed by atoms with Crippen molar-refractivity contribution in [2.45, 2.75) is 50.7 Å². The van der Waals surface area contributed by atoms with Crippen LogP contribution in [-0.4, -0.2) is 63.9 Å². The Balaban J connectivity index is 1.39. The summed E-state index contributed by atoms with van der Waals surface area (Å²) in [6.07, 6.45) is -3.71. The summed E-state index contributed by atoms with van der Waals surface area (Å²) in [7, 11) is -2.33. The molecule has 5 aromatic rings. The van der Waals surface area contributed by atoms with Crippen LogP contribution in [0.2, 0.25) is 5.02 Å². The smallest absolute Gasteiger partial charge is 0.408 e. The van der Waals surface area contributed by atoms with E-state index in [4.69, 9.17) is 21.3 Å². The molecule has 21 heteroatoms. The van der Waals surface area contributed by atoms with Gasteiger partial charge in [0.2, 0.25) is 15.9 Å². The SMILES string of the molecule is C[C@@H]1Cc2c(C(F)F)nn(CC(=O)N[C@@H](Cc3cc(F)cc(F)c3)c3nc(C#C[C@@H]4COC(=O)N4)ccc3-c3ccc(Cl)c4c(NS(C)(=O)=O)nn(C)c34)c2C1(F)F. The van der Waals surface area contributed by atoms with Crippen LogP contribution >= 0.6 is 11.6 Å². The molecule has 1 aliphatic heterocycles. The third kappa shape index (κ3) is 8.00. The highest BCUT2D eigenvalue weighted by atomic mass is 35.5.